The van der Waals surface area contributed by atoms with Crippen molar-refractivity contribution in [2.75, 3.05) is 6.54 Å². The van der Waals surface area contributed by atoms with Crippen LogP contribution in [0, 0.1) is 24.1 Å². The number of halogens is 1. The fraction of sp³-hybridized carbons (Fsp3) is 0.250. The highest BCUT2D eigenvalue weighted by molar-refractivity contribution is 7.09. The zero-order valence-electron chi connectivity index (χ0n) is 14.4. The minimum absolute atomic E-state index is 0.0877. The molecule has 4 nitrogen and oxygen atoms in total. The molecule has 1 aliphatic carbocycles. The summed E-state index contributed by atoms with van der Waals surface area (Å²) >= 11 is 1.59. The number of nitrogens with zero attached hydrogens (tertiary/aromatic N) is 2. The third-order valence-electron chi connectivity index (χ3n) is 4.20. The van der Waals surface area contributed by atoms with Gasteiger partial charge in [0.25, 0.3) is 0 Å². The summed E-state index contributed by atoms with van der Waals surface area (Å²) in [7, 11) is 0. The topological polar surface area (TPSA) is 65.8 Å². The number of allylic oxidation sites excluding steroid dienone is 3. The second-order valence-electron chi connectivity index (χ2n) is 6.03. The number of hydrogen-bond donors (Lipinski definition) is 1. The Labute approximate surface area is 155 Å². The van der Waals surface area contributed by atoms with E-state index in [0.29, 0.717) is 36.9 Å². The maximum Gasteiger partial charge on any atom is 0.247 e. The maximum absolute atomic E-state index is 13.6. The van der Waals surface area contributed by atoms with Crippen molar-refractivity contribution < 1.29 is 9.18 Å². The van der Waals surface area contributed by atoms with Gasteiger partial charge in [0.1, 0.15) is 11.9 Å². The first-order chi connectivity index (χ1) is 12.6. The van der Waals surface area contributed by atoms with Crippen LogP contribution in [0.1, 0.15) is 34.7 Å². The first kappa shape index (κ1) is 18.0. The summed E-state index contributed by atoms with van der Waals surface area (Å²) in [6.45, 7) is 2.43. The standard InChI is InChI=1S/C20H18FN3OS/c1-13-24-19(12-26-13)15-7-8-16(10-15)20(25)23-9-3-5-14-4-2-6-18(21)17(14)11-22/h2,4,6-7,10,12H,3,5,8-9H2,1H3,(H,23,25). The van der Waals surface area contributed by atoms with Crippen molar-refractivity contribution in [1.29, 1.82) is 5.26 Å². The van der Waals surface area contributed by atoms with Gasteiger partial charge >= 0.3 is 0 Å². The molecular formula is C20H18FN3OS. The Morgan fingerprint density at radius 3 is 3.04 bits per heavy atom. The van der Waals surface area contributed by atoms with Gasteiger partial charge in [-0.3, -0.25) is 4.79 Å². The van der Waals surface area contributed by atoms with Crippen LogP contribution in [0.5, 0.6) is 0 Å². The number of hydrogen-bond acceptors (Lipinski definition) is 4. The normalized spacial score (nSPS) is 13.1. The fourth-order valence-electron chi connectivity index (χ4n) is 2.85. The molecule has 0 unspecified atom stereocenters. The summed E-state index contributed by atoms with van der Waals surface area (Å²) in [5.41, 5.74) is 3.37. The molecule has 1 amide bonds. The van der Waals surface area contributed by atoms with Crippen LogP contribution >= 0.6 is 11.3 Å². The van der Waals surface area contributed by atoms with Gasteiger partial charge in [-0.05, 0) is 49.5 Å². The molecule has 2 aromatic rings. The van der Waals surface area contributed by atoms with E-state index in [2.05, 4.69) is 10.3 Å². The number of thiazole rings is 1. The van der Waals surface area contributed by atoms with Gasteiger partial charge in [0.2, 0.25) is 5.91 Å². The minimum Gasteiger partial charge on any atom is -0.352 e. The van der Waals surface area contributed by atoms with Crippen molar-refractivity contribution in [2.45, 2.75) is 26.2 Å². The molecular weight excluding hydrogens is 349 g/mol. The highest BCUT2D eigenvalue weighted by Gasteiger charge is 2.16. The van der Waals surface area contributed by atoms with Crippen LogP contribution in [0.4, 0.5) is 4.39 Å². The number of amides is 1. The van der Waals surface area contributed by atoms with Gasteiger partial charge in [0.15, 0.2) is 0 Å². The lowest BCUT2D eigenvalue weighted by atomic mass is 10.0. The van der Waals surface area contributed by atoms with Crippen molar-refractivity contribution in [3.05, 3.63) is 68.9 Å². The van der Waals surface area contributed by atoms with Gasteiger partial charge in [-0.2, -0.15) is 5.26 Å². The van der Waals surface area contributed by atoms with E-state index in [1.165, 1.54) is 6.07 Å². The van der Waals surface area contributed by atoms with E-state index >= 15 is 0 Å². The minimum atomic E-state index is -0.499. The molecule has 0 radical (unpaired) electrons. The highest BCUT2D eigenvalue weighted by Crippen LogP contribution is 2.27. The number of aromatic nitrogens is 1. The Morgan fingerprint density at radius 1 is 1.46 bits per heavy atom. The summed E-state index contributed by atoms with van der Waals surface area (Å²) in [6, 6.07) is 6.52. The second kappa shape index (κ2) is 8.07. The second-order valence-corrected chi connectivity index (χ2v) is 7.09. The summed E-state index contributed by atoms with van der Waals surface area (Å²) in [5, 5.41) is 14.9. The Hall–Kier alpha value is -2.78. The Bertz CT molecular complexity index is 937. The number of nitrogens with one attached hydrogen (secondary N) is 1. The summed E-state index contributed by atoms with van der Waals surface area (Å²) in [5.74, 6) is -0.594. The average Bonchev–Trinajstić information content (AvgIpc) is 3.27. The molecule has 0 bridgehead atoms. The molecule has 0 spiro atoms. The van der Waals surface area contributed by atoms with Crippen molar-refractivity contribution >= 4 is 22.8 Å². The molecule has 1 heterocycles. The number of carbonyl (C=O) groups is 1. The molecule has 0 saturated carbocycles. The van der Waals surface area contributed by atoms with E-state index in [0.717, 1.165) is 16.3 Å². The maximum atomic E-state index is 13.6. The molecule has 0 saturated heterocycles. The van der Waals surface area contributed by atoms with Crippen LogP contribution in [0.3, 0.4) is 0 Å². The van der Waals surface area contributed by atoms with Crippen LogP contribution in [0.15, 0.2) is 41.3 Å². The fourth-order valence-corrected chi connectivity index (χ4v) is 3.48. The van der Waals surface area contributed by atoms with Gasteiger partial charge in [0.05, 0.1) is 16.3 Å². The molecule has 0 atom stereocenters. The molecule has 1 aliphatic rings. The van der Waals surface area contributed by atoms with Crippen LogP contribution < -0.4 is 5.32 Å². The first-order valence-electron chi connectivity index (χ1n) is 8.37. The number of rotatable bonds is 6. The SMILES string of the molecule is Cc1nc(C2=CCC(C(=O)NCCCc3cccc(F)c3C#N)=C2)cs1. The third kappa shape index (κ3) is 4.06. The third-order valence-corrected chi connectivity index (χ3v) is 4.97. The van der Waals surface area contributed by atoms with Crippen LogP contribution in [-0.2, 0) is 11.2 Å². The van der Waals surface area contributed by atoms with E-state index < -0.39 is 5.82 Å². The number of aryl methyl sites for hydroxylation is 2. The number of benzene rings is 1. The molecule has 132 valence electrons. The highest BCUT2D eigenvalue weighted by atomic mass is 32.1. The predicted molar refractivity (Wildman–Crippen MR) is 100.0 cm³/mol. The molecule has 0 fully saturated rings. The van der Waals surface area contributed by atoms with E-state index in [9.17, 15) is 9.18 Å². The number of carbonyl (C=O) groups excluding carboxylic acids is 1. The van der Waals surface area contributed by atoms with E-state index in [4.69, 9.17) is 5.26 Å². The van der Waals surface area contributed by atoms with Crippen molar-refractivity contribution in [3.8, 4) is 6.07 Å². The molecule has 3 rings (SSSR count). The molecule has 0 aliphatic heterocycles. The monoisotopic (exact) mass is 367 g/mol. The molecule has 6 heteroatoms. The van der Waals surface area contributed by atoms with Gasteiger partial charge < -0.3 is 5.32 Å². The van der Waals surface area contributed by atoms with Gasteiger partial charge in [-0.15, -0.1) is 11.3 Å². The van der Waals surface area contributed by atoms with E-state index in [1.54, 1.807) is 23.5 Å². The van der Waals surface area contributed by atoms with Crippen LogP contribution in [0.2, 0.25) is 0 Å². The average molecular weight is 367 g/mol. The Balaban J connectivity index is 1.50. The molecule has 1 N–H and O–H groups in total. The lowest BCUT2D eigenvalue weighted by Crippen LogP contribution is -2.25. The first-order valence-corrected chi connectivity index (χ1v) is 9.25. The Morgan fingerprint density at radius 2 is 2.31 bits per heavy atom. The van der Waals surface area contributed by atoms with Gasteiger partial charge in [-0.1, -0.05) is 18.2 Å². The van der Waals surface area contributed by atoms with E-state index in [1.807, 2.05) is 30.5 Å². The van der Waals surface area contributed by atoms with E-state index in [-0.39, 0.29) is 11.5 Å². The van der Waals surface area contributed by atoms with Gasteiger partial charge in [-0.25, -0.2) is 9.37 Å². The lowest BCUT2D eigenvalue weighted by Gasteiger charge is -2.07. The van der Waals surface area contributed by atoms with Crippen molar-refractivity contribution in [1.82, 2.24) is 10.3 Å². The van der Waals surface area contributed by atoms with Crippen molar-refractivity contribution in [3.63, 3.8) is 0 Å². The zero-order valence-corrected chi connectivity index (χ0v) is 15.2. The molecule has 26 heavy (non-hydrogen) atoms. The zero-order chi connectivity index (χ0) is 18.5. The predicted octanol–water partition coefficient (Wildman–Crippen LogP) is 3.92. The summed E-state index contributed by atoms with van der Waals surface area (Å²) < 4.78 is 13.6. The van der Waals surface area contributed by atoms with Crippen molar-refractivity contribution in [2.24, 2.45) is 0 Å². The van der Waals surface area contributed by atoms with Gasteiger partial charge in [0, 0.05) is 17.5 Å². The number of nitriles is 1. The smallest absolute Gasteiger partial charge is 0.247 e. The molecule has 1 aromatic heterocycles. The molecule has 1 aromatic carbocycles. The van der Waals surface area contributed by atoms with Crippen LogP contribution in [-0.4, -0.2) is 17.4 Å². The quantitative estimate of drug-likeness (QED) is 0.787. The Kier molecular flexibility index (Phi) is 5.59. The largest absolute Gasteiger partial charge is 0.352 e. The van der Waals surface area contributed by atoms with Crippen LogP contribution in [0.25, 0.3) is 5.57 Å². The summed E-state index contributed by atoms with van der Waals surface area (Å²) in [4.78, 5) is 16.7. The summed E-state index contributed by atoms with van der Waals surface area (Å²) in [6.07, 6.45) is 5.67. The lowest BCUT2D eigenvalue weighted by molar-refractivity contribution is -0.117.